The molecule has 2 aromatic heterocycles. The van der Waals surface area contributed by atoms with Gasteiger partial charge in [0.15, 0.2) is 11.5 Å². The number of rotatable bonds is 9. The molecule has 0 saturated carbocycles. The number of H-pyrrole nitrogens is 1. The smallest absolute Gasteiger partial charge is 0.254 e. The summed E-state index contributed by atoms with van der Waals surface area (Å²) in [5.41, 5.74) is 3.74. The Hall–Kier alpha value is -3.74. The normalized spacial score (nSPS) is 12.0. The van der Waals surface area contributed by atoms with Crippen LogP contribution in [0, 0.1) is 0 Å². The maximum atomic E-state index is 12.8. The van der Waals surface area contributed by atoms with Gasteiger partial charge in [0.2, 0.25) is 0 Å². The number of carbonyl (C=O) groups excluding carboxylic acids is 1. The molecule has 4 rings (SSSR count). The number of nitrogens with one attached hydrogen (secondary N) is 2. The lowest BCUT2D eigenvalue weighted by molar-refractivity contribution is 0.0952. The van der Waals surface area contributed by atoms with Gasteiger partial charge >= 0.3 is 0 Å². The van der Waals surface area contributed by atoms with Crippen molar-refractivity contribution in [1.29, 1.82) is 0 Å². The third-order valence-electron chi connectivity index (χ3n) is 5.57. The van der Waals surface area contributed by atoms with Gasteiger partial charge in [0.05, 0.1) is 25.5 Å². The SMILES string of the molecule is CCOc1ccc(C(CNC(=O)c2cnn(CC)c2)c2c[nH]c3ccccc23)cc1OC. The van der Waals surface area contributed by atoms with Gasteiger partial charge in [-0.15, -0.1) is 0 Å². The van der Waals surface area contributed by atoms with Crippen molar-refractivity contribution < 1.29 is 14.3 Å². The van der Waals surface area contributed by atoms with Crippen molar-refractivity contribution in [2.24, 2.45) is 0 Å². The fourth-order valence-corrected chi connectivity index (χ4v) is 3.92. The zero-order chi connectivity index (χ0) is 22.5. The highest BCUT2D eigenvalue weighted by Crippen LogP contribution is 2.35. The van der Waals surface area contributed by atoms with Gasteiger partial charge in [-0.25, -0.2) is 0 Å². The van der Waals surface area contributed by atoms with E-state index in [-0.39, 0.29) is 11.8 Å². The highest BCUT2D eigenvalue weighted by molar-refractivity contribution is 5.93. The number of methoxy groups -OCH3 is 1. The molecule has 7 nitrogen and oxygen atoms in total. The zero-order valence-corrected chi connectivity index (χ0v) is 18.6. The molecule has 0 aliphatic carbocycles. The number of aromatic amines is 1. The number of aryl methyl sites for hydroxylation is 1. The van der Waals surface area contributed by atoms with Gasteiger partial charge in [0.25, 0.3) is 5.91 Å². The van der Waals surface area contributed by atoms with E-state index >= 15 is 0 Å². The van der Waals surface area contributed by atoms with Crippen LogP contribution >= 0.6 is 0 Å². The minimum atomic E-state index is -0.146. The molecule has 0 aliphatic rings. The molecule has 0 aliphatic heterocycles. The van der Waals surface area contributed by atoms with Crippen molar-refractivity contribution in [2.75, 3.05) is 20.3 Å². The van der Waals surface area contributed by atoms with Gasteiger partial charge in [-0.1, -0.05) is 24.3 Å². The van der Waals surface area contributed by atoms with Crippen molar-refractivity contribution >= 4 is 16.8 Å². The van der Waals surface area contributed by atoms with E-state index in [0.29, 0.717) is 30.2 Å². The molecule has 2 aromatic carbocycles. The minimum absolute atomic E-state index is 0.0825. The molecule has 166 valence electrons. The quantitative estimate of drug-likeness (QED) is 0.412. The van der Waals surface area contributed by atoms with Crippen LogP contribution in [0.25, 0.3) is 10.9 Å². The van der Waals surface area contributed by atoms with Crippen molar-refractivity contribution in [3.05, 3.63) is 77.7 Å². The van der Waals surface area contributed by atoms with E-state index in [1.165, 1.54) is 0 Å². The molecule has 32 heavy (non-hydrogen) atoms. The maximum absolute atomic E-state index is 12.8. The van der Waals surface area contributed by atoms with E-state index in [2.05, 4.69) is 21.5 Å². The van der Waals surface area contributed by atoms with Crippen LogP contribution in [-0.4, -0.2) is 40.9 Å². The first-order valence-electron chi connectivity index (χ1n) is 10.8. The second-order valence-electron chi connectivity index (χ2n) is 7.48. The Labute approximate surface area is 187 Å². The molecule has 1 unspecified atom stereocenters. The van der Waals surface area contributed by atoms with Crippen molar-refractivity contribution in [2.45, 2.75) is 26.3 Å². The summed E-state index contributed by atoms with van der Waals surface area (Å²) in [7, 11) is 1.63. The van der Waals surface area contributed by atoms with Crippen LogP contribution in [0.4, 0.5) is 0 Å². The number of carbonyl (C=O) groups is 1. The molecule has 0 bridgehead atoms. The average molecular weight is 433 g/mol. The van der Waals surface area contributed by atoms with Crippen LogP contribution in [0.3, 0.4) is 0 Å². The molecular weight excluding hydrogens is 404 g/mol. The lowest BCUT2D eigenvalue weighted by Crippen LogP contribution is -2.28. The van der Waals surface area contributed by atoms with Crippen molar-refractivity contribution in [3.8, 4) is 11.5 Å². The Kier molecular flexibility index (Phi) is 6.44. The number of aromatic nitrogens is 3. The van der Waals surface area contributed by atoms with Gasteiger partial charge in [-0.3, -0.25) is 9.48 Å². The highest BCUT2D eigenvalue weighted by Gasteiger charge is 2.21. The van der Waals surface area contributed by atoms with Crippen LogP contribution in [0.5, 0.6) is 11.5 Å². The van der Waals surface area contributed by atoms with E-state index in [1.807, 2.05) is 56.4 Å². The van der Waals surface area contributed by atoms with E-state index in [4.69, 9.17) is 9.47 Å². The average Bonchev–Trinajstić information content (AvgIpc) is 3.48. The van der Waals surface area contributed by atoms with E-state index in [1.54, 1.807) is 24.2 Å². The summed E-state index contributed by atoms with van der Waals surface area (Å²) < 4.78 is 13.0. The van der Waals surface area contributed by atoms with Crippen LogP contribution in [0.1, 0.15) is 41.3 Å². The molecule has 2 heterocycles. The standard InChI is InChI=1S/C25H28N4O3/c1-4-29-16-18(13-28-29)25(30)27-14-20(21-15-26-22-9-7-6-8-19(21)22)17-10-11-23(32-5-2)24(12-17)31-3/h6-13,15-16,20,26H,4-5,14H2,1-3H3,(H,27,30). The molecule has 0 radical (unpaired) electrons. The number of fused-ring (bicyclic) bond motifs is 1. The highest BCUT2D eigenvalue weighted by atomic mass is 16.5. The Morgan fingerprint density at radius 1 is 1.19 bits per heavy atom. The van der Waals surface area contributed by atoms with Crippen LogP contribution in [-0.2, 0) is 6.54 Å². The van der Waals surface area contributed by atoms with Crippen LogP contribution in [0.15, 0.2) is 61.1 Å². The van der Waals surface area contributed by atoms with Crippen molar-refractivity contribution in [1.82, 2.24) is 20.1 Å². The summed E-state index contributed by atoms with van der Waals surface area (Å²) in [5.74, 6) is 1.14. The number of ether oxygens (including phenoxy) is 2. The van der Waals surface area contributed by atoms with Crippen LogP contribution in [0.2, 0.25) is 0 Å². The van der Waals surface area contributed by atoms with Gasteiger partial charge in [-0.2, -0.15) is 5.10 Å². The molecule has 0 saturated heterocycles. The third kappa shape index (κ3) is 4.32. The number of para-hydroxylation sites is 1. The first-order valence-corrected chi connectivity index (χ1v) is 10.8. The molecule has 0 spiro atoms. The van der Waals surface area contributed by atoms with Crippen LogP contribution < -0.4 is 14.8 Å². The monoisotopic (exact) mass is 432 g/mol. The molecule has 4 aromatic rings. The molecule has 7 heteroatoms. The predicted octanol–water partition coefficient (Wildman–Crippen LogP) is 4.35. The fourth-order valence-electron chi connectivity index (χ4n) is 3.92. The maximum Gasteiger partial charge on any atom is 0.254 e. The number of benzene rings is 2. The lowest BCUT2D eigenvalue weighted by Gasteiger charge is -2.20. The second kappa shape index (κ2) is 9.60. The zero-order valence-electron chi connectivity index (χ0n) is 18.6. The number of amides is 1. The Morgan fingerprint density at radius 3 is 2.78 bits per heavy atom. The largest absolute Gasteiger partial charge is 0.493 e. The van der Waals surface area contributed by atoms with Gasteiger partial charge < -0.3 is 19.8 Å². The fraction of sp³-hybridized carbons (Fsp3) is 0.280. The molecular formula is C25H28N4O3. The first kappa shape index (κ1) is 21.5. The third-order valence-corrected chi connectivity index (χ3v) is 5.57. The number of nitrogens with zero attached hydrogens (tertiary/aromatic N) is 2. The lowest BCUT2D eigenvalue weighted by atomic mass is 9.90. The Bertz CT molecular complexity index is 1210. The summed E-state index contributed by atoms with van der Waals surface area (Å²) in [4.78, 5) is 16.1. The summed E-state index contributed by atoms with van der Waals surface area (Å²) >= 11 is 0. The van der Waals surface area contributed by atoms with Gasteiger partial charge in [0, 0.05) is 42.3 Å². The van der Waals surface area contributed by atoms with Gasteiger partial charge in [0.1, 0.15) is 0 Å². The van der Waals surface area contributed by atoms with E-state index in [0.717, 1.165) is 28.6 Å². The topological polar surface area (TPSA) is 81.2 Å². The number of hydrogen-bond donors (Lipinski definition) is 2. The summed E-state index contributed by atoms with van der Waals surface area (Å²) in [6.07, 6.45) is 5.37. The summed E-state index contributed by atoms with van der Waals surface area (Å²) in [6.45, 7) is 5.63. The van der Waals surface area contributed by atoms with Crippen molar-refractivity contribution in [3.63, 3.8) is 0 Å². The Balaban J connectivity index is 1.68. The molecule has 0 fully saturated rings. The Morgan fingerprint density at radius 2 is 2.03 bits per heavy atom. The minimum Gasteiger partial charge on any atom is -0.493 e. The van der Waals surface area contributed by atoms with E-state index in [9.17, 15) is 4.79 Å². The summed E-state index contributed by atoms with van der Waals surface area (Å²) in [5, 5.41) is 8.41. The summed E-state index contributed by atoms with van der Waals surface area (Å²) in [6, 6.07) is 14.1. The first-order chi connectivity index (χ1) is 15.6. The predicted molar refractivity (Wildman–Crippen MR) is 125 cm³/mol. The number of hydrogen-bond acceptors (Lipinski definition) is 4. The van der Waals surface area contributed by atoms with Gasteiger partial charge in [-0.05, 0) is 43.2 Å². The molecule has 2 N–H and O–H groups in total. The second-order valence-corrected chi connectivity index (χ2v) is 7.48. The molecule has 1 amide bonds. The van der Waals surface area contributed by atoms with E-state index < -0.39 is 0 Å². The molecule has 1 atom stereocenters.